The summed E-state index contributed by atoms with van der Waals surface area (Å²) >= 11 is 0. The Kier molecular flexibility index (Phi) is 3.53. The lowest BCUT2D eigenvalue weighted by Crippen LogP contribution is -2.30. The molecule has 2 heterocycles. The minimum atomic E-state index is -0.212. The van der Waals surface area contributed by atoms with Gasteiger partial charge in [-0.1, -0.05) is 18.6 Å². The molecule has 1 atom stereocenters. The Morgan fingerprint density at radius 1 is 1.33 bits per heavy atom. The first-order valence-electron chi connectivity index (χ1n) is 7.11. The molecule has 5 heteroatoms. The van der Waals surface area contributed by atoms with Crippen molar-refractivity contribution in [1.82, 2.24) is 15.2 Å². The Balaban J connectivity index is 2.06. The molecule has 1 aromatic carbocycles. The topological polar surface area (TPSA) is 69.0 Å². The van der Waals surface area contributed by atoms with Gasteiger partial charge in [-0.3, -0.25) is 10.5 Å². The third-order valence-corrected chi connectivity index (χ3v) is 3.77. The Morgan fingerprint density at radius 3 is 2.81 bits per heavy atom. The van der Waals surface area contributed by atoms with Crippen LogP contribution in [0.15, 0.2) is 34.7 Å². The Labute approximate surface area is 123 Å². The molecule has 21 heavy (non-hydrogen) atoms. The maximum atomic E-state index is 5.94. The summed E-state index contributed by atoms with van der Waals surface area (Å²) in [6, 6.07) is 10.0. The zero-order valence-corrected chi connectivity index (χ0v) is 12.6. The van der Waals surface area contributed by atoms with Crippen LogP contribution < -0.4 is 11.3 Å². The normalized spacial score (nSPS) is 13.0. The highest BCUT2D eigenvalue weighted by Crippen LogP contribution is 2.28. The number of fused-ring (bicyclic) bond motifs is 1. The summed E-state index contributed by atoms with van der Waals surface area (Å²) in [7, 11) is 1.92. The van der Waals surface area contributed by atoms with Gasteiger partial charge in [0.15, 0.2) is 0 Å². The first-order chi connectivity index (χ1) is 10.1. The van der Waals surface area contributed by atoms with E-state index in [0.717, 1.165) is 34.5 Å². The summed E-state index contributed by atoms with van der Waals surface area (Å²) in [5, 5.41) is 5.56. The number of hydrogen-bond acceptors (Lipinski definition) is 4. The van der Waals surface area contributed by atoms with E-state index in [2.05, 4.69) is 36.5 Å². The second-order valence-electron chi connectivity index (χ2n) is 5.33. The number of hydrazine groups is 1. The van der Waals surface area contributed by atoms with Gasteiger partial charge in [0.2, 0.25) is 0 Å². The van der Waals surface area contributed by atoms with Crippen molar-refractivity contribution < 1.29 is 4.42 Å². The van der Waals surface area contributed by atoms with E-state index in [9.17, 15) is 0 Å². The third-order valence-electron chi connectivity index (χ3n) is 3.77. The zero-order valence-electron chi connectivity index (χ0n) is 12.6. The number of nitrogens with one attached hydrogen (secondary N) is 1. The van der Waals surface area contributed by atoms with Crippen molar-refractivity contribution in [3.8, 4) is 0 Å². The Bertz CT molecular complexity index is 772. The molecule has 5 nitrogen and oxygen atoms in total. The van der Waals surface area contributed by atoms with Gasteiger partial charge >= 0.3 is 0 Å². The number of furan rings is 1. The average molecular weight is 284 g/mol. The van der Waals surface area contributed by atoms with Gasteiger partial charge in [-0.25, -0.2) is 5.43 Å². The summed E-state index contributed by atoms with van der Waals surface area (Å²) in [6.07, 6.45) is 0.893. The predicted molar refractivity (Wildman–Crippen MR) is 82.7 cm³/mol. The van der Waals surface area contributed by atoms with E-state index in [1.807, 2.05) is 29.9 Å². The van der Waals surface area contributed by atoms with Gasteiger partial charge in [0.25, 0.3) is 0 Å². The molecule has 3 N–H and O–H groups in total. The van der Waals surface area contributed by atoms with E-state index in [1.165, 1.54) is 5.56 Å². The van der Waals surface area contributed by atoms with Gasteiger partial charge in [0.1, 0.15) is 17.4 Å². The van der Waals surface area contributed by atoms with Crippen LogP contribution in [0.4, 0.5) is 0 Å². The fourth-order valence-corrected chi connectivity index (χ4v) is 2.63. The van der Waals surface area contributed by atoms with Gasteiger partial charge in [0.05, 0.1) is 11.4 Å². The van der Waals surface area contributed by atoms with E-state index >= 15 is 0 Å². The largest absolute Gasteiger partial charge is 0.459 e. The molecule has 0 aliphatic heterocycles. The summed E-state index contributed by atoms with van der Waals surface area (Å²) in [4.78, 5) is 0. The summed E-state index contributed by atoms with van der Waals surface area (Å²) in [6.45, 7) is 4.15. The molecule has 0 amide bonds. The second kappa shape index (κ2) is 5.35. The van der Waals surface area contributed by atoms with Crippen LogP contribution in [0.25, 0.3) is 11.0 Å². The van der Waals surface area contributed by atoms with Crippen LogP contribution in [-0.2, 0) is 13.5 Å². The lowest BCUT2D eigenvalue weighted by Gasteiger charge is -2.13. The van der Waals surface area contributed by atoms with Crippen molar-refractivity contribution in [2.45, 2.75) is 26.3 Å². The SMILES string of the molecule is CCc1cc(C(NN)c2cc3cc(C)ccc3o2)n(C)n1. The van der Waals surface area contributed by atoms with Crippen LogP contribution in [0.5, 0.6) is 0 Å². The highest BCUT2D eigenvalue weighted by molar-refractivity contribution is 5.78. The number of hydrogen-bond donors (Lipinski definition) is 2. The molecular weight excluding hydrogens is 264 g/mol. The lowest BCUT2D eigenvalue weighted by molar-refractivity contribution is 0.458. The molecule has 3 rings (SSSR count). The van der Waals surface area contributed by atoms with Crippen molar-refractivity contribution in [2.75, 3.05) is 0 Å². The maximum Gasteiger partial charge on any atom is 0.134 e. The molecule has 0 radical (unpaired) electrons. The number of nitrogens with two attached hydrogens (primary N) is 1. The molecule has 0 bridgehead atoms. The van der Waals surface area contributed by atoms with E-state index in [4.69, 9.17) is 10.3 Å². The molecular formula is C16H20N4O. The van der Waals surface area contributed by atoms with Gasteiger partial charge in [-0.15, -0.1) is 0 Å². The highest BCUT2D eigenvalue weighted by atomic mass is 16.3. The summed E-state index contributed by atoms with van der Waals surface area (Å²) in [5.74, 6) is 6.55. The van der Waals surface area contributed by atoms with Gasteiger partial charge in [-0.2, -0.15) is 5.10 Å². The molecule has 0 aliphatic carbocycles. The van der Waals surface area contributed by atoms with Gasteiger partial charge in [0, 0.05) is 12.4 Å². The number of rotatable bonds is 4. The smallest absolute Gasteiger partial charge is 0.134 e. The maximum absolute atomic E-state index is 5.94. The fourth-order valence-electron chi connectivity index (χ4n) is 2.63. The second-order valence-corrected chi connectivity index (χ2v) is 5.33. The number of aromatic nitrogens is 2. The first-order valence-corrected chi connectivity index (χ1v) is 7.11. The standard InChI is InChI=1S/C16H20N4O/c1-4-12-9-13(20(3)19-12)16(18-17)15-8-11-7-10(2)5-6-14(11)21-15/h5-9,16,18H,4,17H2,1-3H3. The van der Waals surface area contributed by atoms with Crippen LogP contribution in [0, 0.1) is 6.92 Å². The van der Waals surface area contributed by atoms with E-state index in [1.54, 1.807) is 0 Å². The number of aryl methyl sites for hydroxylation is 3. The Morgan fingerprint density at radius 2 is 2.14 bits per heavy atom. The fraction of sp³-hybridized carbons (Fsp3) is 0.312. The molecule has 110 valence electrons. The van der Waals surface area contributed by atoms with Crippen LogP contribution in [0.3, 0.4) is 0 Å². The van der Waals surface area contributed by atoms with Crippen molar-refractivity contribution in [3.63, 3.8) is 0 Å². The molecule has 0 aliphatic rings. The first kappa shape index (κ1) is 13.9. The van der Waals surface area contributed by atoms with Gasteiger partial charge < -0.3 is 4.42 Å². The van der Waals surface area contributed by atoms with Crippen LogP contribution >= 0.6 is 0 Å². The molecule has 0 spiro atoms. The van der Waals surface area contributed by atoms with Crippen LogP contribution in [0.1, 0.15) is 35.7 Å². The number of benzene rings is 1. The molecule has 2 aromatic heterocycles. The van der Waals surface area contributed by atoms with E-state index < -0.39 is 0 Å². The lowest BCUT2D eigenvalue weighted by atomic mass is 10.1. The minimum Gasteiger partial charge on any atom is -0.459 e. The molecule has 0 fully saturated rings. The molecule has 3 aromatic rings. The summed E-state index contributed by atoms with van der Waals surface area (Å²) in [5.41, 5.74) is 6.94. The predicted octanol–water partition coefficient (Wildman–Crippen LogP) is 2.59. The van der Waals surface area contributed by atoms with Crippen molar-refractivity contribution in [1.29, 1.82) is 0 Å². The quantitative estimate of drug-likeness (QED) is 0.571. The van der Waals surface area contributed by atoms with Crippen molar-refractivity contribution >= 4 is 11.0 Å². The number of nitrogens with zero attached hydrogens (tertiary/aromatic N) is 2. The zero-order chi connectivity index (χ0) is 15.0. The highest BCUT2D eigenvalue weighted by Gasteiger charge is 2.21. The van der Waals surface area contributed by atoms with Gasteiger partial charge in [-0.05, 0) is 37.6 Å². The van der Waals surface area contributed by atoms with Crippen LogP contribution in [0.2, 0.25) is 0 Å². The Hall–Kier alpha value is -2.11. The van der Waals surface area contributed by atoms with E-state index in [-0.39, 0.29) is 6.04 Å². The minimum absolute atomic E-state index is 0.212. The molecule has 0 saturated heterocycles. The third kappa shape index (κ3) is 2.46. The average Bonchev–Trinajstić information content (AvgIpc) is 3.03. The summed E-state index contributed by atoms with van der Waals surface area (Å²) < 4.78 is 7.79. The molecule has 1 unspecified atom stereocenters. The van der Waals surface area contributed by atoms with Crippen LogP contribution in [-0.4, -0.2) is 9.78 Å². The molecule has 0 saturated carbocycles. The van der Waals surface area contributed by atoms with Crippen molar-refractivity contribution in [2.24, 2.45) is 12.9 Å². The van der Waals surface area contributed by atoms with E-state index in [0.29, 0.717) is 0 Å². The monoisotopic (exact) mass is 284 g/mol. The van der Waals surface area contributed by atoms with Crippen molar-refractivity contribution in [3.05, 3.63) is 53.0 Å².